The van der Waals surface area contributed by atoms with Gasteiger partial charge in [-0.2, -0.15) is 0 Å². The Balaban J connectivity index is 2.19. The van der Waals surface area contributed by atoms with Crippen molar-refractivity contribution in [2.24, 2.45) is 5.92 Å². The first-order valence-electron chi connectivity index (χ1n) is 6.51. The lowest BCUT2D eigenvalue weighted by Gasteiger charge is -2.40. The Morgan fingerprint density at radius 1 is 1.61 bits per heavy atom. The fourth-order valence-corrected chi connectivity index (χ4v) is 3.61. The van der Waals surface area contributed by atoms with Crippen molar-refractivity contribution in [3.8, 4) is 0 Å². The van der Waals surface area contributed by atoms with Crippen LogP contribution in [-0.4, -0.2) is 16.4 Å². The van der Waals surface area contributed by atoms with Crippen LogP contribution in [0, 0.1) is 12.8 Å². The molecule has 1 N–H and O–H groups in total. The Labute approximate surface area is 123 Å². The summed E-state index contributed by atoms with van der Waals surface area (Å²) in [7, 11) is 0. The van der Waals surface area contributed by atoms with Crippen molar-refractivity contribution in [3.63, 3.8) is 0 Å². The Hall–Kier alpha value is -0.280. The quantitative estimate of drug-likeness (QED) is 0.808. The van der Waals surface area contributed by atoms with Crippen molar-refractivity contribution in [2.75, 3.05) is 11.2 Å². The van der Waals surface area contributed by atoms with Gasteiger partial charge in [0.2, 0.25) is 0 Å². The number of aryl methyl sites for hydroxylation is 1. The van der Waals surface area contributed by atoms with E-state index in [0.29, 0.717) is 5.88 Å². The second-order valence-electron chi connectivity index (χ2n) is 5.56. The van der Waals surface area contributed by atoms with Crippen molar-refractivity contribution < 1.29 is 0 Å². The van der Waals surface area contributed by atoms with E-state index in [1.54, 1.807) is 0 Å². The molecule has 0 amide bonds. The van der Waals surface area contributed by atoms with Crippen LogP contribution in [-0.2, 0) is 0 Å². The average molecular weight is 332 g/mol. The van der Waals surface area contributed by atoms with Crippen LogP contribution < -0.4 is 5.32 Å². The van der Waals surface area contributed by atoms with Crippen molar-refractivity contribution in [1.82, 2.24) is 4.98 Å². The van der Waals surface area contributed by atoms with Gasteiger partial charge in [-0.05, 0) is 53.2 Å². The van der Waals surface area contributed by atoms with Crippen LogP contribution in [0.2, 0.25) is 0 Å². The summed E-state index contributed by atoms with van der Waals surface area (Å²) < 4.78 is 1.02. The summed E-state index contributed by atoms with van der Waals surface area (Å²) in [6, 6.07) is 2.09. The largest absolute Gasteiger partial charge is 0.363 e. The van der Waals surface area contributed by atoms with Gasteiger partial charge in [-0.25, -0.2) is 4.98 Å². The number of anilines is 1. The third-order valence-corrected chi connectivity index (χ3v) is 4.72. The zero-order valence-electron chi connectivity index (χ0n) is 11.0. The molecule has 1 saturated carbocycles. The van der Waals surface area contributed by atoms with E-state index in [9.17, 15) is 0 Å². The number of halogens is 2. The molecule has 0 spiro atoms. The minimum absolute atomic E-state index is 0.0187. The molecule has 2 nitrogen and oxygen atoms in total. The van der Waals surface area contributed by atoms with Gasteiger partial charge in [0.25, 0.3) is 0 Å². The molecule has 1 aliphatic rings. The molecule has 0 bridgehead atoms. The second-order valence-corrected chi connectivity index (χ2v) is 6.74. The maximum absolute atomic E-state index is 6.24. The van der Waals surface area contributed by atoms with Gasteiger partial charge >= 0.3 is 0 Å². The molecule has 2 rings (SSSR count). The molecule has 1 fully saturated rings. The molecule has 0 saturated heterocycles. The summed E-state index contributed by atoms with van der Waals surface area (Å²) in [4.78, 5) is 4.47. The van der Waals surface area contributed by atoms with Crippen LogP contribution in [0.5, 0.6) is 0 Å². The number of nitrogens with one attached hydrogen (secondary N) is 1. The normalized spacial score (nSPS) is 28.1. The third kappa shape index (κ3) is 3.18. The number of aromatic nitrogens is 1. The molecule has 4 heteroatoms. The minimum Gasteiger partial charge on any atom is -0.363 e. The minimum atomic E-state index is 0.0187. The number of nitrogens with zero attached hydrogens (tertiary/aromatic N) is 1. The predicted molar refractivity (Wildman–Crippen MR) is 81.4 cm³/mol. The van der Waals surface area contributed by atoms with Crippen molar-refractivity contribution in [2.45, 2.75) is 45.1 Å². The van der Waals surface area contributed by atoms with Gasteiger partial charge in [0.1, 0.15) is 5.82 Å². The van der Waals surface area contributed by atoms with Gasteiger partial charge < -0.3 is 5.32 Å². The molecular weight excluding hydrogens is 312 g/mol. The molecule has 0 aliphatic heterocycles. The van der Waals surface area contributed by atoms with Gasteiger partial charge in [0.15, 0.2) is 0 Å². The summed E-state index contributed by atoms with van der Waals surface area (Å²) in [6.07, 6.45) is 6.67. The number of hydrogen-bond donors (Lipinski definition) is 1. The van der Waals surface area contributed by atoms with E-state index in [1.165, 1.54) is 12.8 Å². The molecule has 1 aromatic rings. The van der Waals surface area contributed by atoms with Gasteiger partial charge in [0.05, 0.1) is 5.54 Å². The zero-order chi connectivity index (χ0) is 13.2. The van der Waals surface area contributed by atoms with E-state index in [-0.39, 0.29) is 5.54 Å². The lowest BCUT2D eigenvalue weighted by atomic mass is 9.77. The van der Waals surface area contributed by atoms with Gasteiger partial charge in [-0.1, -0.05) is 19.8 Å². The fraction of sp³-hybridized carbons (Fsp3) is 0.643. The fourth-order valence-electron chi connectivity index (χ4n) is 2.85. The Kier molecular flexibility index (Phi) is 4.54. The lowest BCUT2D eigenvalue weighted by molar-refractivity contribution is 0.279. The van der Waals surface area contributed by atoms with Crippen LogP contribution in [0.15, 0.2) is 16.7 Å². The Morgan fingerprint density at radius 3 is 3.00 bits per heavy atom. The number of alkyl halides is 1. The number of pyridine rings is 1. The van der Waals surface area contributed by atoms with E-state index in [0.717, 1.165) is 34.6 Å². The molecule has 1 aromatic heterocycles. The van der Waals surface area contributed by atoms with Crippen molar-refractivity contribution in [1.29, 1.82) is 0 Å². The van der Waals surface area contributed by atoms with Gasteiger partial charge in [-0.15, -0.1) is 11.6 Å². The van der Waals surface area contributed by atoms with Crippen molar-refractivity contribution >= 4 is 33.3 Å². The summed E-state index contributed by atoms with van der Waals surface area (Å²) >= 11 is 9.68. The first-order valence-corrected chi connectivity index (χ1v) is 7.84. The van der Waals surface area contributed by atoms with E-state index in [1.807, 2.05) is 6.20 Å². The van der Waals surface area contributed by atoms with Crippen LogP contribution in [0.3, 0.4) is 0 Å². The molecule has 1 heterocycles. The van der Waals surface area contributed by atoms with Crippen LogP contribution in [0.1, 0.15) is 38.2 Å². The smallest absolute Gasteiger partial charge is 0.129 e. The topological polar surface area (TPSA) is 24.9 Å². The zero-order valence-corrected chi connectivity index (χ0v) is 13.3. The number of rotatable bonds is 3. The maximum atomic E-state index is 6.24. The molecule has 18 heavy (non-hydrogen) atoms. The van der Waals surface area contributed by atoms with Crippen LogP contribution in [0.25, 0.3) is 0 Å². The molecular formula is C14H20BrClN2. The molecule has 100 valence electrons. The molecule has 0 radical (unpaired) electrons. The van der Waals surface area contributed by atoms with Crippen molar-refractivity contribution in [3.05, 3.63) is 22.3 Å². The molecule has 0 aromatic carbocycles. The second kappa shape index (κ2) is 5.79. The standard InChI is InChI=1S/C14H20BrClN2/c1-10-4-3-5-14(7-10,9-16)18-13-11(2)6-12(15)8-17-13/h6,8,10H,3-5,7,9H2,1-2H3,(H,17,18). The molecule has 2 atom stereocenters. The monoisotopic (exact) mass is 330 g/mol. The Morgan fingerprint density at radius 2 is 2.39 bits per heavy atom. The summed E-state index contributed by atoms with van der Waals surface area (Å²) in [5.74, 6) is 2.35. The summed E-state index contributed by atoms with van der Waals surface area (Å²) in [6.45, 7) is 4.39. The van der Waals surface area contributed by atoms with E-state index < -0.39 is 0 Å². The highest BCUT2D eigenvalue weighted by atomic mass is 79.9. The maximum Gasteiger partial charge on any atom is 0.129 e. The van der Waals surface area contributed by atoms with E-state index >= 15 is 0 Å². The Bertz CT molecular complexity index is 424. The highest BCUT2D eigenvalue weighted by Gasteiger charge is 2.34. The van der Waals surface area contributed by atoms with E-state index in [4.69, 9.17) is 11.6 Å². The average Bonchev–Trinajstić information content (AvgIpc) is 2.33. The first kappa shape index (κ1) is 14.1. The van der Waals surface area contributed by atoms with Crippen LogP contribution in [0.4, 0.5) is 5.82 Å². The summed E-state index contributed by atoms with van der Waals surface area (Å²) in [5, 5.41) is 3.61. The molecule has 2 unspecified atom stereocenters. The van der Waals surface area contributed by atoms with Crippen LogP contribution >= 0.6 is 27.5 Å². The summed E-state index contributed by atoms with van der Waals surface area (Å²) in [5.41, 5.74) is 1.18. The highest BCUT2D eigenvalue weighted by molar-refractivity contribution is 9.10. The van der Waals surface area contributed by atoms with Gasteiger partial charge in [0, 0.05) is 16.5 Å². The first-order chi connectivity index (χ1) is 8.54. The van der Waals surface area contributed by atoms with Gasteiger partial charge in [-0.3, -0.25) is 0 Å². The van der Waals surface area contributed by atoms with E-state index in [2.05, 4.69) is 46.1 Å². The predicted octanol–water partition coefficient (Wildman–Crippen LogP) is 4.75. The third-order valence-electron chi connectivity index (χ3n) is 3.78. The lowest BCUT2D eigenvalue weighted by Crippen LogP contribution is -2.44. The number of hydrogen-bond acceptors (Lipinski definition) is 2. The molecule has 1 aliphatic carbocycles. The SMILES string of the molecule is Cc1cc(Br)cnc1NC1(CCl)CCCC(C)C1. The highest BCUT2D eigenvalue weighted by Crippen LogP contribution is 2.36.